The molecule has 2 N–H and O–H groups in total. The van der Waals surface area contributed by atoms with E-state index in [1.807, 2.05) is 11.8 Å². The van der Waals surface area contributed by atoms with E-state index in [9.17, 15) is 9.59 Å². The van der Waals surface area contributed by atoms with Gasteiger partial charge < -0.3 is 15.5 Å². The molecular formula is C11H19N3O2S. The normalized spacial score (nSPS) is 26.2. The van der Waals surface area contributed by atoms with Gasteiger partial charge >= 0.3 is 0 Å². The highest BCUT2D eigenvalue weighted by molar-refractivity contribution is 7.99. The topological polar surface area (TPSA) is 61.4 Å². The molecule has 0 aliphatic carbocycles. The molecule has 0 aromatic rings. The molecule has 0 spiro atoms. The van der Waals surface area contributed by atoms with Crippen LogP contribution >= 0.6 is 11.8 Å². The van der Waals surface area contributed by atoms with Gasteiger partial charge in [0.05, 0.1) is 0 Å². The van der Waals surface area contributed by atoms with E-state index in [2.05, 4.69) is 10.6 Å². The zero-order valence-electron chi connectivity index (χ0n) is 9.91. The molecule has 0 bridgehead atoms. The molecule has 2 heterocycles. The van der Waals surface area contributed by atoms with Crippen molar-refractivity contribution in [2.45, 2.75) is 18.9 Å². The molecular weight excluding hydrogens is 238 g/mol. The van der Waals surface area contributed by atoms with Crippen LogP contribution in [0.1, 0.15) is 12.8 Å². The minimum Gasteiger partial charge on any atom is -0.354 e. The molecule has 2 aliphatic heterocycles. The quantitative estimate of drug-likeness (QED) is 0.695. The second kappa shape index (κ2) is 6.26. The predicted molar refractivity (Wildman–Crippen MR) is 67.9 cm³/mol. The Labute approximate surface area is 106 Å². The zero-order valence-corrected chi connectivity index (χ0v) is 10.7. The molecule has 2 fully saturated rings. The van der Waals surface area contributed by atoms with Gasteiger partial charge in [-0.15, -0.1) is 0 Å². The Bertz CT molecular complexity index is 292. The summed E-state index contributed by atoms with van der Waals surface area (Å²) in [6, 6.07) is 0.299. The van der Waals surface area contributed by atoms with Crippen molar-refractivity contribution in [3.05, 3.63) is 0 Å². The highest BCUT2D eigenvalue weighted by atomic mass is 32.2. The molecule has 5 nitrogen and oxygen atoms in total. The van der Waals surface area contributed by atoms with Crippen LogP contribution in [-0.4, -0.2) is 60.4 Å². The van der Waals surface area contributed by atoms with E-state index in [-0.39, 0.29) is 11.8 Å². The molecule has 17 heavy (non-hydrogen) atoms. The molecule has 0 saturated carbocycles. The number of hydrogen-bond acceptors (Lipinski definition) is 4. The van der Waals surface area contributed by atoms with Crippen molar-refractivity contribution in [2.24, 2.45) is 0 Å². The smallest absolute Gasteiger partial charge is 0.224 e. The lowest BCUT2D eigenvalue weighted by molar-refractivity contribution is -0.131. The molecule has 6 heteroatoms. The van der Waals surface area contributed by atoms with Gasteiger partial charge in [0.1, 0.15) is 0 Å². The molecule has 2 rings (SSSR count). The number of carbonyl (C=O) groups excluding carboxylic acids is 2. The summed E-state index contributed by atoms with van der Waals surface area (Å²) in [5.41, 5.74) is 0. The van der Waals surface area contributed by atoms with Crippen LogP contribution in [0.15, 0.2) is 0 Å². The summed E-state index contributed by atoms with van der Waals surface area (Å²) < 4.78 is 0. The highest BCUT2D eigenvalue weighted by Crippen LogP contribution is 2.12. The van der Waals surface area contributed by atoms with E-state index >= 15 is 0 Å². The first-order chi connectivity index (χ1) is 8.25. The molecule has 96 valence electrons. The van der Waals surface area contributed by atoms with Gasteiger partial charge in [-0.2, -0.15) is 11.8 Å². The third kappa shape index (κ3) is 3.89. The third-order valence-electron chi connectivity index (χ3n) is 3.08. The van der Waals surface area contributed by atoms with E-state index in [4.69, 9.17) is 0 Å². The molecule has 2 amide bonds. The highest BCUT2D eigenvalue weighted by Gasteiger charge is 2.22. The summed E-state index contributed by atoms with van der Waals surface area (Å²) in [5.74, 6) is 2.36. The van der Waals surface area contributed by atoms with Gasteiger partial charge in [0.25, 0.3) is 0 Å². The first kappa shape index (κ1) is 12.7. The van der Waals surface area contributed by atoms with E-state index in [0.717, 1.165) is 18.1 Å². The van der Waals surface area contributed by atoms with Crippen molar-refractivity contribution in [3.63, 3.8) is 0 Å². The minimum absolute atomic E-state index is 0.0478. The van der Waals surface area contributed by atoms with Crippen molar-refractivity contribution in [3.8, 4) is 0 Å². The van der Waals surface area contributed by atoms with Crippen LogP contribution in [0.5, 0.6) is 0 Å². The van der Waals surface area contributed by atoms with Crippen LogP contribution in [0.3, 0.4) is 0 Å². The van der Waals surface area contributed by atoms with E-state index in [1.165, 1.54) is 0 Å². The maximum absolute atomic E-state index is 12.1. The van der Waals surface area contributed by atoms with E-state index in [0.29, 0.717) is 38.5 Å². The van der Waals surface area contributed by atoms with Gasteiger partial charge in [0.2, 0.25) is 11.8 Å². The SMILES string of the molecule is O=C1CCN(C(=O)CC2CSCCN2)CCN1. The summed E-state index contributed by atoms with van der Waals surface area (Å²) in [6.07, 6.45) is 0.986. The Kier molecular flexibility index (Phi) is 4.67. The fourth-order valence-electron chi connectivity index (χ4n) is 2.11. The largest absolute Gasteiger partial charge is 0.354 e. The average Bonchev–Trinajstić information content (AvgIpc) is 2.55. The number of nitrogens with zero attached hydrogens (tertiary/aromatic N) is 1. The molecule has 2 aliphatic rings. The van der Waals surface area contributed by atoms with Gasteiger partial charge in [-0.05, 0) is 0 Å². The van der Waals surface area contributed by atoms with Crippen LogP contribution in [0.25, 0.3) is 0 Å². The third-order valence-corrected chi connectivity index (χ3v) is 4.22. The van der Waals surface area contributed by atoms with E-state index in [1.54, 1.807) is 4.90 Å². The lowest BCUT2D eigenvalue weighted by Crippen LogP contribution is -2.43. The van der Waals surface area contributed by atoms with Crippen LogP contribution in [-0.2, 0) is 9.59 Å². The first-order valence-corrected chi connectivity index (χ1v) is 7.27. The van der Waals surface area contributed by atoms with Gasteiger partial charge in [-0.3, -0.25) is 9.59 Å². The maximum Gasteiger partial charge on any atom is 0.224 e. The summed E-state index contributed by atoms with van der Waals surface area (Å²) >= 11 is 1.90. The lowest BCUT2D eigenvalue weighted by Gasteiger charge is -2.26. The number of nitrogens with one attached hydrogen (secondary N) is 2. The molecule has 0 radical (unpaired) electrons. The van der Waals surface area contributed by atoms with Crippen LogP contribution in [0.2, 0.25) is 0 Å². The molecule has 0 aromatic heterocycles. The minimum atomic E-state index is 0.0478. The predicted octanol–water partition coefficient (Wildman–Crippen LogP) is -0.570. The summed E-state index contributed by atoms with van der Waals surface area (Å²) in [4.78, 5) is 25.0. The van der Waals surface area contributed by atoms with Crippen LogP contribution in [0.4, 0.5) is 0 Å². The Morgan fingerprint density at radius 1 is 1.41 bits per heavy atom. The van der Waals surface area contributed by atoms with Gasteiger partial charge in [0, 0.05) is 56.6 Å². The fraction of sp³-hybridized carbons (Fsp3) is 0.818. The number of amides is 2. The van der Waals surface area contributed by atoms with Crippen molar-refractivity contribution in [2.75, 3.05) is 37.7 Å². The number of thioether (sulfide) groups is 1. The molecule has 0 aromatic carbocycles. The lowest BCUT2D eigenvalue weighted by atomic mass is 10.2. The first-order valence-electron chi connectivity index (χ1n) is 6.11. The summed E-state index contributed by atoms with van der Waals surface area (Å²) in [7, 11) is 0. The Balaban J connectivity index is 1.79. The summed E-state index contributed by atoms with van der Waals surface area (Å²) in [5, 5.41) is 6.14. The monoisotopic (exact) mass is 257 g/mol. The van der Waals surface area contributed by atoms with Crippen molar-refractivity contribution in [1.82, 2.24) is 15.5 Å². The molecule has 1 atom stereocenters. The van der Waals surface area contributed by atoms with Crippen LogP contribution < -0.4 is 10.6 Å². The van der Waals surface area contributed by atoms with Crippen molar-refractivity contribution >= 4 is 23.6 Å². The molecule has 2 saturated heterocycles. The molecule has 1 unspecified atom stereocenters. The van der Waals surface area contributed by atoms with Crippen molar-refractivity contribution < 1.29 is 9.59 Å². The van der Waals surface area contributed by atoms with Crippen molar-refractivity contribution in [1.29, 1.82) is 0 Å². The number of hydrogen-bond donors (Lipinski definition) is 2. The van der Waals surface area contributed by atoms with E-state index < -0.39 is 0 Å². The fourth-order valence-corrected chi connectivity index (χ4v) is 3.06. The van der Waals surface area contributed by atoms with Gasteiger partial charge in [-0.25, -0.2) is 0 Å². The maximum atomic E-state index is 12.1. The second-order valence-electron chi connectivity index (χ2n) is 4.41. The van der Waals surface area contributed by atoms with Gasteiger partial charge in [0.15, 0.2) is 0 Å². The number of rotatable bonds is 2. The Morgan fingerprint density at radius 3 is 3.06 bits per heavy atom. The number of carbonyl (C=O) groups is 2. The zero-order chi connectivity index (χ0) is 12.1. The second-order valence-corrected chi connectivity index (χ2v) is 5.56. The van der Waals surface area contributed by atoms with Crippen LogP contribution in [0, 0.1) is 0 Å². The standard InChI is InChI=1S/C11H19N3O2S/c15-10-1-4-14(5-2-13-10)11(16)7-9-8-17-6-3-12-9/h9,12H,1-8H2,(H,13,15). The average molecular weight is 257 g/mol. The Morgan fingerprint density at radius 2 is 2.29 bits per heavy atom. The van der Waals surface area contributed by atoms with Gasteiger partial charge in [-0.1, -0.05) is 0 Å². The summed E-state index contributed by atoms with van der Waals surface area (Å²) in [6.45, 7) is 2.77. The Hall–Kier alpha value is -0.750.